The van der Waals surface area contributed by atoms with E-state index in [9.17, 15) is 14.7 Å². The molecule has 5 heteroatoms. The van der Waals surface area contributed by atoms with E-state index in [0.717, 1.165) is 24.8 Å². The fraction of sp³-hybridized carbons (Fsp3) is 0.538. The maximum Gasteiger partial charge on any atom is 0.331 e. The predicted octanol–water partition coefficient (Wildman–Crippen LogP) is 5.08. The largest absolute Gasteiger partial charge is 0.458 e. The van der Waals surface area contributed by atoms with Crippen molar-refractivity contribution in [3.63, 3.8) is 0 Å². The van der Waals surface area contributed by atoms with Gasteiger partial charge in [0.1, 0.15) is 11.9 Å². The first-order valence-corrected chi connectivity index (χ1v) is 11.1. The second-order valence-electron chi connectivity index (χ2n) is 9.71. The zero-order valence-electron chi connectivity index (χ0n) is 19.2. The third-order valence-corrected chi connectivity index (χ3v) is 7.02. The summed E-state index contributed by atoms with van der Waals surface area (Å²) in [5.74, 6) is -0.343. The molecule has 1 saturated carbocycles. The smallest absolute Gasteiger partial charge is 0.331 e. The molecule has 1 aromatic carbocycles. The van der Waals surface area contributed by atoms with Gasteiger partial charge >= 0.3 is 11.9 Å². The molecular weight excluding hydrogens is 392 g/mol. The van der Waals surface area contributed by atoms with Gasteiger partial charge < -0.3 is 14.6 Å². The van der Waals surface area contributed by atoms with Gasteiger partial charge in [0.15, 0.2) is 0 Å². The average molecular weight is 427 g/mol. The Kier molecular flexibility index (Phi) is 6.75. The monoisotopic (exact) mass is 426 g/mol. The van der Waals surface area contributed by atoms with Crippen molar-refractivity contribution in [2.75, 3.05) is 0 Å². The van der Waals surface area contributed by atoms with Gasteiger partial charge in [0.2, 0.25) is 0 Å². The number of hydrogen-bond acceptors (Lipinski definition) is 5. The van der Waals surface area contributed by atoms with Crippen molar-refractivity contribution in [3.05, 3.63) is 47.6 Å². The lowest BCUT2D eigenvalue weighted by molar-refractivity contribution is -0.160. The van der Waals surface area contributed by atoms with Gasteiger partial charge in [-0.05, 0) is 61.3 Å². The molecule has 1 N–H and O–H groups in total. The normalized spacial score (nSPS) is 30.6. The van der Waals surface area contributed by atoms with Gasteiger partial charge in [-0.2, -0.15) is 0 Å². The topological polar surface area (TPSA) is 72.8 Å². The molecule has 2 aliphatic carbocycles. The quantitative estimate of drug-likeness (QED) is 0.308. The molecule has 31 heavy (non-hydrogen) atoms. The van der Waals surface area contributed by atoms with E-state index < -0.39 is 11.6 Å². The molecule has 0 amide bonds. The van der Waals surface area contributed by atoms with Crippen LogP contribution >= 0.6 is 0 Å². The van der Waals surface area contributed by atoms with E-state index in [4.69, 9.17) is 9.47 Å². The second-order valence-corrected chi connectivity index (χ2v) is 9.71. The van der Waals surface area contributed by atoms with Crippen LogP contribution in [0.25, 0.3) is 6.08 Å². The number of fused-ring (bicyclic) bond motifs is 1. The molecule has 0 radical (unpaired) electrons. The van der Waals surface area contributed by atoms with Crippen LogP contribution < -0.4 is 4.74 Å². The number of carbonyl (C=O) groups excluding carboxylic acids is 2. The van der Waals surface area contributed by atoms with E-state index in [0.29, 0.717) is 12.2 Å². The predicted molar refractivity (Wildman–Crippen MR) is 120 cm³/mol. The van der Waals surface area contributed by atoms with Gasteiger partial charge in [0, 0.05) is 25.3 Å². The van der Waals surface area contributed by atoms with Gasteiger partial charge in [0.05, 0.1) is 5.60 Å². The molecule has 0 aliphatic heterocycles. The van der Waals surface area contributed by atoms with Crippen molar-refractivity contribution in [3.8, 4) is 5.75 Å². The number of rotatable bonds is 5. The lowest BCUT2D eigenvalue weighted by Gasteiger charge is -2.43. The van der Waals surface area contributed by atoms with Crippen molar-refractivity contribution in [1.29, 1.82) is 0 Å². The Morgan fingerprint density at radius 1 is 1.19 bits per heavy atom. The highest BCUT2D eigenvalue weighted by atomic mass is 16.5. The van der Waals surface area contributed by atoms with E-state index >= 15 is 0 Å². The summed E-state index contributed by atoms with van der Waals surface area (Å²) in [4.78, 5) is 23.7. The molecule has 4 atom stereocenters. The molecule has 0 heterocycles. The standard InChI is InChI=1S/C26H34O5/c1-17(2)26(29)15-14-25(5)13-12-18(3)16-22(24(25)26)31-23(28)11-8-20-6-9-21(10-7-20)30-19(4)27/h6-12,17,22,24,29H,13-16H2,1-5H3/b11-8+/t22-,24+,25-,26+/m0/s1. The Balaban J connectivity index is 1.75. The van der Waals surface area contributed by atoms with Crippen molar-refractivity contribution < 1.29 is 24.2 Å². The Morgan fingerprint density at radius 2 is 1.87 bits per heavy atom. The average Bonchev–Trinajstić information content (AvgIpc) is 2.90. The molecule has 1 fully saturated rings. The first-order chi connectivity index (χ1) is 14.5. The summed E-state index contributed by atoms with van der Waals surface area (Å²) < 4.78 is 11.0. The number of hydrogen-bond donors (Lipinski definition) is 1. The molecule has 2 aliphatic rings. The molecule has 5 nitrogen and oxygen atoms in total. The van der Waals surface area contributed by atoms with Crippen LogP contribution in [0.15, 0.2) is 42.0 Å². The molecule has 0 bridgehead atoms. The molecule has 0 saturated heterocycles. The highest BCUT2D eigenvalue weighted by molar-refractivity contribution is 5.87. The van der Waals surface area contributed by atoms with Gasteiger partial charge in [0.25, 0.3) is 0 Å². The zero-order valence-corrected chi connectivity index (χ0v) is 19.2. The molecule has 3 rings (SSSR count). The number of benzene rings is 1. The van der Waals surface area contributed by atoms with Gasteiger partial charge in [-0.25, -0.2) is 4.79 Å². The zero-order chi connectivity index (χ0) is 22.8. The van der Waals surface area contributed by atoms with Crippen LogP contribution in [0.1, 0.15) is 65.9 Å². The fourth-order valence-corrected chi connectivity index (χ4v) is 5.25. The SMILES string of the molecule is CC(=O)Oc1ccc(/C=C/C(=O)O[C@H]2CC(C)=CC[C@@]3(C)CC[C@@](O)(C(C)C)[C@H]23)cc1. The molecule has 0 aromatic heterocycles. The minimum atomic E-state index is -0.839. The minimum absolute atomic E-state index is 0.0853. The van der Waals surface area contributed by atoms with Crippen molar-refractivity contribution in [1.82, 2.24) is 0 Å². The van der Waals surface area contributed by atoms with E-state index in [-0.39, 0.29) is 29.3 Å². The van der Waals surface area contributed by atoms with E-state index in [1.165, 1.54) is 18.6 Å². The summed E-state index contributed by atoms with van der Waals surface area (Å²) in [5, 5.41) is 11.6. The summed E-state index contributed by atoms with van der Waals surface area (Å²) in [6.07, 6.45) is 8.19. The number of aliphatic hydroxyl groups is 1. The lowest BCUT2D eigenvalue weighted by atomic mass is 9.67. The Labute approximate surface area is 185 Å². The highest BCUT2D eigenvalue weighted by Gasteiger charge is 2.59. The summed E-state index contributed by atoms with van der Waals surface area (Å²) in [7, 11) is 0. The number of carbonyl (C=O) groups is 2. The molecule has 1 aromatic rings. The maximum absolute atomic E-state index is 12.7. The summed E-state index contributed by atoms with van der Waals surface area (Å²) in [5.41, 5.74) is 1.07. The summed E-state index contributed by atoms with van der Waals surface area (Å²) >= 11 is 0. The van der Waals surface area contributed by atoms with Crippen molar-refractivity contribution >= 4 is 18.0 Å². The van der Waals surface area contributed by atoms with Gasteiger partial charge in [-0.3, -0.25) is 4.79 Å². The van der Waals surface area contributed by atoms with Gasteiger partial charge in [-0.1, -0.05) is 44.6 Å². The molecular formula is C26H34O5. The van der Waals surface area contributed by atoms with Crippen LogP contribution in [-0.4, -0.2) is 28.8 Å². The first-order valence-electron chi connectivity index (χ1n) is 11.1. The van der Waals surface area contributed by atoms with E-state index in [1.54, 1.807) is 30.3 Å². The molecule has 0 unspecified atom stereocenters. The van der Waals surface area contributed by atoms with Crippen molar-refractivity contribution in [2.24, 2.45) is 17.3 Å². The molecule has 0 spiro atoms. The molecule has 168 valence electrons. The van der Waals surface area contributed by atoms with Crippen molar-refractivity contribution in [2.45, 2.75) is 72.0 Å². The van der Waals surface area contributed by atoms with Gasteiger partial charge in [-0.15, -0.1) is 0 Å². The maximum atomic E-state index is 12.7. The number of allylic oxidation sites excluding steroid dienone is 1. The van der Waals surface area contributed by atoms with Crippen LogP contribution in [0.2, 0.25) is 0 Å². The summed E-state index contributed by atoms with van der Waals surface area (Å²) in [6, 6.07) is 6.90. The third-order valence-electron chi connectivity index (χ3n) is 7.02. The number of ether oxygens (including phenoxy) is 2. The minimum Gasteiger partial charge on any atom is -0.458 e. The lowest BCUT2D eigenvalue weighted by Crippen LogP contribution is -2.50. The van der Waals surface area contributed by atoms with Crippen LogP contribution in [0.3, 0.4) is 0 Å². The Hall–Kier alpha value is -2.40. The van der Waals surface area contributed by atoms with Crippen LogP contribution in [-0.2, 0) is 14.3 Å². The Bertz CT molecular complexity index is 882. The third kappa shape index (κ3) is 5.09. The van der Waals surface area contributed by atoms with Crippen LogP contribution in [0, 0.1) is 17.3 Å². The van der Waals surface area contributed by atoms with E-state index in [1.807, 2.05) is 0 Å². The second kappa shape index (κ2) is 8.99. The first kappa shape index (κ1) is 23.3. The highest BCUT2D eigenvalue weighted by Crippen LogP contribution is 2.58. The van der Waals surface area contributed by atoms with Crippen LogP contribution in [0.4, 0.5) is 0 Å². The number of esters is 2. The van der Waals surface area contributed by atoms with E-state index in [2.05, 4.69) is 33.8 Å². The van der Waals surface area contributed by atoms with Crippen LogP contribution in [0.5, 0.6) is 5.75 Å². The summed E-state index contributed by atoms with van der Waals surface area (Å²) in [6.45, 7) is 9.74. The Morgan fingerprint density at radius 3 is 2.48 bits per heavy atom. The fourth-order valence-electron chi connectivity index (χ4n) is 5.25.